The third-order valence-electron chi connectivity index (χ3n) is 4.49. The first-order valence-electron chi connectivity index (χ1n) is 8.00. The fraction of sp³-hybridized carbons (Fsp3) is 0.0526. The van der Waals surface area contributed by atoms with Gasteiger partial charge in [-0.1, -0.05) is 30.3 Å². The predicted molar refractivity (Wildman–Crippen MR) is 96.6 cm³/mol. The highest BCUT2D eigenvalue weighted by atomic mass is 16.2. The van der Waals surface area contributed by atoms with Crippen LogP contribution in [0.4, 0.5) is 0 Å². The molecule has 3 aromatic rings. The number of nitriles is 2. The molecule has 8 heteroatoms. The predicted octanol–water partition coefficient (Wildman–Crippen LogP) is 0.926. The number of benzene rings is 2. The van der Waals surface area contributed by atoms with Crippen LogP contribution in [0, 0.1) is 22.7 Å². The lowest BCUT2D eigenvalue weighted by Gasteiger charge is -2.12. The Labute approximate surface area is 152 Å². The quantitative estimate of drug-likeness (QED) is 0.732. The van der Waals surface area contributed by atoms with E-state index in [1.807, 2.05) is 12.1 Å². The molecule has 0 saturated carbocycles. The van der Waals surface area contributed by atoms with E-state index < -0.39 is 17.4 Å². The molecule has 0 spiro atoms. The van der Waals surface area contributed by atoms with Gasteiger partial charge in [0.05, 0.1) is 17.3 Å². The summed E-state index contributed by atoms with van der Waals surface area (Å²) >= 11 is 0. The van der Waals surface area contributed by atoms with Crippen molar-refractivity contribution in [1.29, 1.82) is 10.5 Å². The molecular formula is C19H12N6O2. The molecule has 1 aliphatic heterocycles. The van der Waals surface area contributed by atoms with Gasteiger partial charge in [0.1, 0.15) is 23.5 Å². The summed E-state index contributed by atoms with van der Waals surface area (Å²) in [7, 11) is 0. The SMILES string of the molecule is N#CC1=C(N)n2c(=O)n(-c3ccccc3)c(=O)n2C1c1ccc(C#N)cc1. The fourth-order valence-electron chi connectivity index (χ4n) is 3.24. The van der Waals surface area contributed by atoms with Crippen LogP contribution < -0.4 is 17.1 Å². The fourth-order valence-corrected chi connectivity index (χ4v) is 3.24. The Morgan fingerprint density at radius 1 is 0.889 bits per heavy atom. The van der Waals surface area contributed by atoms with Crippen LogP contribution in [0.5, 0.6) is 0 Å². The molecule has 1 aliphatic rings. The van der Waals surface area contributed by atoms with Crippen LogP contribution in [0.15, 0.2) is 69.8 Å². The first kappa shape index (κ1) is 16.2. The molecule has 0 saturated heterocycles. The van der Waals surface area contributed by atoms with Crippen LogP contribution >= 0.6 is 0 Å². The Morgan fingerprint density at radius 2 is 1.56 bits per heavy atom. The summed E-state index contributed by atoms with van der Waals surface area (Å²) in [4.78, 5) is 25.9. The molecule has 2 aromatic carbocycles. The van der Waals surface area contributed by atoms with Gasteiger partial charge in [0, 0.05) is 0 Å². The smallest absolute Gasteiger partial charge is 0.358 e. The Bertz CT molecular complexity index is 1280. The lowest BCUT2D eigenvalue weighted by molar-refractivity contribution is 0.554. The number of rotatable bonds is 2. The van der Waals surface area contributed by atoms with Gasteiger partial charge in [-0.05, 0) is 29.8 Å². The number of fused-ring (bicyclic) bond motifs is 1. The van der Waals surface area contributed by atoms with Gasteiger partial charge in [0.15, 0.2) is 0 Å². The van der Waals surface area contributed by atoms with Crippen molar-refractivity contribution in [3.8, 4) is 17.8 Å². The maximum absolute atomic E-state index is 13.1. The Morgan fingerprint density at radius 3 is 2.15 bits per heavy atom. The van der Waals surface area contributed by atoms with Crippen LogP contribution in [-0.4, -0.2) is 13.9 Å². The molecule has 0 radical (unpaired) electrons. The van der Waals surface area contributed by atoms with E-state index in [0.29, 0.717) is 16.8 Å². The highest BCUT2D eigenvalue weighted by Gasteiger charge is 2.36. The normalized spacial score (nSPS) is 15.3. The molecule has 4 rings (SSSR count). The molecular weight excluding hydrogens is 344 g/mol. The standard InChI is InChI=1S/C19H12N6O2/c20-10-12-6-8-13(9-7-12)16-15(11-21)17(22)25-19(27)23(18(26)24(16)25)14-4-2-1-3-5-14/h1-9,16H,22H2. The number of hydrogen-bond acceptors (Lipinski definition) is 5. The van der Waals surface area contributed by atoms with Gasteiger partial charge in [-0.2, -0.15) is 15.2 Å². The summed E-state index contributed by atoms with van der Waals surface area (Å²) < 4.78 is 3.21. The van der Waals surface area contributed by atoms with Crippen LogP contribution in [-0.2, 0) is 0 Å². The Balaban J connectivity index is 2.01. The van der Waals surface area contributed by atoms with E-state index in [1.165, 1.54) is 4.68 Å². The van der Waals surface area contributed by atoms with Gasteiger partial charge in [0.25, 0.3) is 0 Å². The zero-order chi connectivity index (χ0) is 19.1. The second-order valence-corrected chi connectivity index (χ2v) is 5.94. The summed E-state index contributed by atoms with van der Waals surface area (Å²) in [6, 6.07) is 18.1. The molecule has 1 aromatic heterocycles. The van der Waals surface area contributed by atoms with Crippen molar-refractivity contribution in [3.63, 3.8) is 0 Å². The second-order valence-electron chi connectivity index (χ2n) is 5.94. The highest BCUT2D eigenvalue weighted by molar-refractivity contribution is 5.60. The van der Waals surface area contributed by atoms with Crippen molar-refractivity contribution in [2.24, 2.45) is 5.73 Å². The number of para-hydroxylation sites is 1. The molecule has 0 amide bonds. The van der Waals surface area contributed by atoms with Crippen molar-refractivity contribution in [1.82, 2.24) is 13.9 Å². The van der Waals surface area contributed by atoms with Crippen molar-refractivity contribution in [3.05, 3.63) is 92.3 Å². The third kappa shape index (κ3) is 2.21. The van der Waals surface area contributed by atoms with Gasteiger partial charge < -0.3 is 5.73 Å². The molecule has 0 bridgehead atoms. The Hall–Kier alpha value is -4.30. The summed E-state index contributed by atoms with van der Waals surface area (Å²) in [6.07, 6.45) is 0. The van der Waals surface area contributed by atoms with E-state index in [2.05, 4.69) is 0 Å². The summed E-state index contributed by atoms with van der Waals surface area (Å²) in [6.45, 7) is 0. The Kier molecular flexibility index (Phi) is 3.54. The lowest BCUT2D eigenvalue weighted by atomic mass is 9.99. The van der Waals surface area contributed by atoms with Crippen LogP contribution in [0.2, 0.25) is 0 Å². The van der Waals surface area contributed by atoms with Gasteiger partial charge in [-0.15, -0.1) is 0 Å². The summed E-state index contributed by atoms with van der Waals surface area (Å²) in [5.74, 6) is -0.0800. The van der Waals surface area contributed by atoms with Gasteiger partial charge in [-0.25, -0.2) is 18.8 Å². The first-order valence-corrected chi connectivity index (χ1v) is 8.00. The zero-order valence-electron chi connectivity index (χ0n) is 13.9. The van der Waals surface area contributed by atoms with Crippen LogP contribution in [0.3, 0.4) is 0 Å². The summed E-state index contributed by atoms with van der Waals surface area (Å²) in [5.41, 5.74) is 6.33. The molecule has 2 heterocycles. The lowest BCUT2D eigenvalue weighted by Crippen LogP contribution is -2.30. The number of nitrogens with two attached hydrogens (primary N) is 1. The first-order chi connectivity index (χ1) is 13.1. The van der Waals surface area contributed by atoms with Gasteiger partial charge in [-0.3, -0.25) is 0 Å². The molecule has 0 aliphatic carbocycles. The van der Waals surface area contributed by atoms with E-state index >= 15 is 0 Å². The van der Waals surface area contributed by atoms with Gasteiger partial charge in [0.2, 0.25) is 0 Å². The minimum absolute atomic E-state index is 0.0800. The van der Waals surface area contributed by atoms with Crippen molar-refractivity contribution in [2.45, 2.75) is 6.04 Å². The molecule has 2 N–H and O–H groups in total. The largest absolute Gasteiger partial charge is 0.383 e. The molecule has 130 valence electrons. The van der Waals surface area contributed by atoms with Crippen molar-refractivity contribution in [2.75, 3.05) is 0 Å². The van der Waals surface area contributed by atoms with Crippen molar-refractivity contribution < 1.29 is 0 Å². The maximum atomic E-state index is 13.1. The number of allylic oxidation sites excluding steroid dienone is 1. The zero-order valence-corrected chi connectivity index (χ0v) is 13.9. The van der Waals surface area contributed by atoms with E-state index in [0.717, 1.165) is 9.25 Å². The van der Waals surface area contributed by atoms with E-state index in [4.69, 9.17) is 11.0 Å². The number of hydrogen-bond donors (Lipinski definition) is 1. The maximum Gasteiger partial charge on any atom is 0.358 e. The molecule has 27 heavy (non-hydrogen) atoms. The molecule has 1 unspecified atom stereocenters. The van der Waals surface area contributed by atoms with E-state index in [9.17, 15) is 14.9 Å². The summed E-state index contributed by atoms with van der Waals surface area (Å²) in [5, 5.41) is 18.5. The average molecular weight is 356 g/mol. The topological polar surface area (TPSA) is 123 Å². The van der Waals surface area contributed by atoms with Gasteiger partial charge >= 0.3 is 11.4 Å². The molecule has 1 atom stereocenters. The third-order valence-corrected chi connectivity index (χ3v) is 4.49. The average Bonchev–Trinajstić information content (AvgIpc) is 3.14. The van der Waals surface area contributed by atoms with Crippen LogP contribution in [0.25, 0.3) is 11.5 Å². The molecule has 0 fully saturated rings. The second kappa shape index (κ2) is 5.90. The van der Waals surface area contributed by atoms with Crippen LogP contribution in [0.1, 0.15) is 17.2 Å². The number of aromatic nitrogens is 3. The number of nitrogens with zero attached hydrogens (tertiary/aromatic N) is 5. The minimum Gasteiger partial charge on any atom is -0.383 e. The van der Waals surface area contributed by atoms with E-state index in [-0.39, 0.29) is 11.4 Å². The molecule has 8 nitrogen and oxygen atoms in total. The van der Waals surface area contributed by atoms with E-state index in [1.54, 1.807) is 54.6 Å². The minimum atomic E-state index is -0.840. The van der Waals surface area contributed by atoms with Crippen molar-refractivity contribution >= 4 is 5.82 Å². The highest BCUT2D eigenvalue weighted by Crippen LogP contribution is 2.32. The monoisotopic (exact) mass is 356 g/mol.